The first-order chi connectivity index (χ1) is 9.83. The predicted octanol–water partition coefficient (Wildman–Crippen LogP) is 1.32. The van der Waals surface area contributed by atoms with Crippen molar-refractivity contribution >= 4 is 24.6 Å². The number of carbonyl (C=O) groups is 2. The van der Waals surface area contributed by atoms with E-state index >= 15 is 0 Å². The average molecular weight is 315 g/mol. The van der Waals surface area contributed by atoms with E-state index in [1.165, 1.54) is 18.5 Å². The minimum absolute atomic E-state index is 0.0211. The molecular weight excluding hydrogens is 297 g/mol. The van der Waals surface area contributed by atoms with Gasteiger partial charge in [0.1, 0.15) is 0 Å². The van der Waals surface area contributed by atoms with Crippen LogP contribution in [-0.2, 0) is 14.2 Å². The molecular formula is C13H18NO6P. The second-order valence-electron chi connectivity index (χ2n) is 4.75. The second kappa shape index (κ2) is 7.90. The number of rotatable bonds is 9. The standard InChI is InChI=1S/C13H18NO6P/c15-12(16)6-5-10(13(17)18)3-2-8-21(19,20)11-4-1-7-14-9-11/h1,4,7,9-10H,2-3,5-6,8H2,(H,15,16)(H,17,18)(H,19,20). The van der Waals surface area contributed by atoms with Crippen molar-refractivity contribution in [3.8, 4) is 0 Å². The summed E-state index contributed by atoms with van der Waals surface area (Å²) in [5.41, 5.74) is 0. The van der Waals surface area contributed by atoms with Gasteiger partial charge in [-0.25, -0.2) is 0 Å². The van der Waals surface area contributed by atoms with E-state index in [0.29, 0.717) is 0 Å². The summed E-state index contributed by atoms with van der Waals surface area (Å²) in [7, 11) is -3.54. The van der Waals surface area contributed by atoms with Crippen molar-refractivity contribution < 1.29 is 29.3 Å². The van der Waals surface area contributed by atoms with Gasteiger partial charge < -0.3 is 15.1 Å². The smallest absolute Gasteiger partial charge is 0.306 e. The van der Waals surface area contributed by atoms with Crippen LogP contribution in [0.25, 0.3) is 0 Å². The van der Waals surface area contributed by atoms with Gasteiger partial charge in [-0.15, -0.1) is 0 Å². The minimum atomic E-state index is -3.54. The van der Waals surface area contributed by atoms with Gasteiger partial charge in [0.15, 0.2) is 0 Å². The Morgan fingerprint density at radius 1 is 1.29 bits per heavy atom. The highest BCUT2D eigenvalue weighted by molar-refractivity contribution is 7.66. The maximum atomic E-state index is 12.1. The summed E-state index contributed by atoms with van der Waals surface area (Å²) >= 11 is 0. The van der Waals surface area contributed by atoms with Crippen LogP contribution in [0.5, 0.6) is 0 Å². The Kier molecular flexibility index (Phi) is 6.52. The Labute approximate surface area is 122 Å². The van der Waals surface area contributed by atoms with Gasteiger partial charge in [0, 0.05) is 25.0 Å². The Balaban J connectivity index is 2.52. The fourth-order valence-corrected chi connectivity index (χ4v) is 3.37. The SMILES string of the molecule is O=C(O)CCC(CCCP(=O)(O)c1cccnc1)C(=O)O. The van der Waals surface area contributed by atoms with Crippen LogP contribution in [-0.4, -0.2) is 38.2 Å². The van der Waals surface area contributed by atoms with Crippen molar-refractivity contribution in [1.29, 1.82) is 0 Å². The zero-order chi connectivity index (χ0) is 15.9. The molecule has 1 aromatic rings. The third-order valence-corrected chi connectivity index (χ3v) is 5.11. The molecule has 116 valence electrons. The lowest BCUT2D eigenvalue weighted by atomic mass is 9.98. The van der Waals surface area contributed by atoms with E-state index in [1.54, 1.807) is 6.07 Å². The molecule has 0 aliphatic rings. The van der Waals surface area contributed by atoms with Crippen molar-refractivity contribution in [2.45, 2.75) is 25.7 Å². The topological polar surface area (TPSA) is 125 Å². The first-order valence-electron chi connectivity index (χ1n) is 6.50. The summed E-state index contributed by atoms with van der Waals surface area (Å²) in [6.45, 7) is 0. The molecule has 7 nitrogen and oxygen atoms in total. The van der Waals surface area contributed by atoms with Gasteiger partial charge in [0.25, 0.3) is 0 Å². The zero-order valence-corrected chi connectivity index (χ0v) is 12.3. The molecule has 1 aromatic heterocycles. The van der Waals surface area contributed by atoms with Crippen LogP contribution >= 0.6 is 7.37 Å². The summed E-state index contributed by atoms with van der Waals surface area (Å²) in [6.07, 6.45) is 2.97. The van der Waals surface area contributed by atoms with Gasteiger partial charge in [-0.2, -0.15) is 0 Å². The van der Waals surface area contributed by atoms with E-state index in [1.807, 2.05) is 0 Å². The number of hydrogen-bond donors (Lipinski definition) is 3. The molecule has 2 atom stereocenters. The van der Waals surface area contributed by atoms with E-state index in [-0.39, 0.29) is 37.1 Å². The van der Waals surface area contributed by atoms with Gasteiger partial charge in [-0.3, -0.25) is 19.1 Å². The normalized spacial score (nSPS) is 15.1. The van der Waals surface area contributed by atoms with Crippen molar-refractivity contribution in [1.82, 2.24) is 4.98 Å². The quantitative estimate of drug-likeness (QED) is 0.587. The van der Waals surface area contributed by atoms with E-state index < -0.39 is 25.2 Å². The zero-order valence-electron chi connectivity index (χ0n) is 11.4. The van der Waals surface area contributed by atoms with Crippen molar-refractivity contribution in [2.75, 3.05) is 6.16 Å². The highest BCUT2D eigenvalue weighted by Crippen LogP contribution is 2.40. The van der Waals surface area contributed by atoms with Crippen LogP contribution in [0.2, 0.25) is 0 Å². The van der Waals surface area contributed by atoms with E-state index in [9.17, 15) is 19.0 Å². The van der Waals surface area contributed by atoms with Crippen LogP contribution in [0.4, 0.5) is 0 Å². The second-order valence-corrected chi connectivity index (χ2v) is 7.11. The third-order valence-electron chi connectivity index (χ3n) is 3.12. The molecule has 3 N–H and O–H groups in total. The fraction of sp³-hybridized carbons (Fsp3) is 0.462. The predicted molar refractivity (Wildman–Crippen MR) is 75.8 cm³/mol. The maximum Gasteiger partial charge on any atom is 0.306 e. The Morgan fingerprint density at radius 2 is 2.00 bits per heavy atom. The van der Waals surface area contributed by atoms with Gasteiger partial charge in [0.2, 0.25) is 7.37 Å². The first-order valence-corrected chi connectivity index (χ1v) is 8.34. The summed E-state index contributed by atoms with van der Waals surface area (Å²) in [6, 6.07) is 3.07. The highest BCUT2D eigenvalue weighted by Gasteiger charge is 2.24. The molecule has 0 saturated carbocycles. The first kappa shape index (κ1) is 17.3. The lowest BCUT2D eigenvalue weighted by molar-refractivity contribution is -0.143. The maximum absolute atomic E-state index is 12.1. The molecule has 0 aliphatic carbocycles. The van der Waals surface area contributed by atoms with E-state index in [2.05, 4.69) is 4.98 Å². The molecule has 0 radical (unpaired) electrons. The molecule has 1 heterocycles. The van der Waals surface area contributed by atoms with E-state index in [4.69, 9.17) is 10.2 Å². The van der Waals surface area contributed by atoms with Crippen molar-refractivity contribution in [3.63, 3.8) is 0 Å². The molecule has 0 bridgehead atoms. The van der Waals surface area contributed by atoms with Crippen LogP contribution in [0.3, 0.4) is 0 Å². The number of hydrogen-bond acceptors (Lipinski definition) is 4. The highest BCUT2D eigenvalue weighted by atomic mass is 31.2. The Morgan fingerprint density at radius 3 is 2.52 bits per heavy atom. The molecule has 0 aliphatic heterocycles. The molecule has 1 rings (SSSR count). The molecule has 8 heteroatoms. The molecule has 0 fully saturated rings. The summed E-state index contributed by atoms with van der Waals surface area (Å²) < 4.78 is 12.1. The molecule has 0 amide bonds. The number of nitrogens with zero attached hydrogens (tertiary/aromatic N) is 1. The van der Waals surface area contributed by atoms with Crippen molar-refractivity contribution in [3.05, 3.63) is 24.5 Å². The van der Waals surface area contributed by atoms with Gasteiger partial charge >= 0.3 is 11.9 Å². The number of aromatic nitrogens is 1. The van der Waals surface area contributed by atoms with Gasteiger partial charge in [0.05, 0.1) is 11.2 Å². The molecule has 21 heavy (non-hydrogen) atoms. The number of carboxylic acids is 2. The Hall–Kier alpha value is -1.72. The van der Waals surface area contributed by atoms with E-state index in [0.717, 1.165) is 0 Å². The molecule has 0 aromatic carbocycles. The fourth-order valence-electron chi connectivity index (χ4n) is 1.93. The summed E-state index contributed by atoms with van der Waals surface area (Å²) in [5, 5.41) is 17.8. The van der Waals surface area contributed by atoms with Crippen LogP contribution in [0.15, 0.2) is 24.5 Å². The molecule has 0 spiro atoms. The van der Waals surface area contributed by atoms with Gasteiger partial charge in [-0.05, 0) is 31.4 Å². The van der Waals surface area contributed by atoms with Crippen LogP contribution in [0, 0.1) is 5.92 Å². The van der Waals surface area contributed by atoms with Gasteiger partial charge in [-0.1, -0.05) is 0 Å². The van der Waals surface area contributed by atoms with Crippen LogP contribution in [0.1, 0.15) is 25.7 Å². The minimum Gasteiger partial charge on any atom is -0.481 e. The van der Waals surface area contributed by atoms with Crippen LogP contribution < -0.4 is 5.30 Å². The largest absolute Gasteiger partial charge is 0.481 e. The number of pyridine rings is 1. The number of aliphatic carboxylic acids is 2. The lowest BCUT2D eigenvalue weighted by Gasteiger charge is -2.14. The van der Waals surface area contributed by atoms with Crippen molar-refractivity contribution in [2.24, 2.45) is 5.92 Å². The number of carboxylic acid groups (broad SMARTS) is 2. The summed E-state index contributed by atoms with van der Waals surface area (Å²) in [4.78, 5) is 35.2. The average Bonchev–Trinajstić information content (AvgIpc) is 2.42. The molecule has 2 unspecified atom stereocenters. The lowest BCUT2D eigenvalue weighted by Crippen LogP contribution is -2.16. The molecule has 0 saturated heterocycles. The third kappa shape index (κ3) is 6.06. The Bertz CT molecular complexity index is 533. The monoisotopic (exact) mass is 315 g/mol. The summed E-state index contributed by atoms with van der Waals surface area (Å²) in [5.74, 6) is -2.94.